The first-order chi connectivity index (χ1) is 12.7. The highest BCUT2D eigenvalue weighted by molar-refractivity contribution is 7.48. The van der Waals surface area contributed by atoms with Gasteiger partial charge < -0.3 is 9.26 Å². The largest absolute Gasteiger partial charge is 0.455 e. The molecule has 0 saturated carbocycles. The van der Waals surface area contributed by atoms with Gasteiger partial charge in [-0.3, -0.25) is 4.57 Å². The van der Waals surface area contributed by atoms with Crippen molar-refractivity contribution >= 4 is 24.9 Å². The Hall–Kier alpha value is -2.00. The molecule has 0 spiro atoms. The predicted octanol–water partition coefficient (Wildman–Crippen LogP) is 5.72. The van der Waals surface area contributed by atoms with Crippen LogP contribution < -0.4 is 10.0 Å². The minimum absolute atomic E-state index is 0.0195. The minimum Gasteiger partial charge on any atom is -0.455 e. The molecule has 0 heterocycles. The van der Waals surface area contributed by atoms with Crippen molar-refractivity contribution in [1.29, 1.82) is 5.26 Å². The Balaban J connectivity index is 2.48. The standard InChI is InChI=1S/C18H16ClF3NO3P/c1-3-11-7-12(10-23)17(27(24)25-4-2)9-16(11)26-15-6-5-13(8-14(15)19)18(20,21)22/h5-9,27H,3-4H2,1-2H3. The number of benzene rings is 2. The number of ether oxygens (including phenoxy) is 1. The zero-order valence-electron chi connectivity index (χ0n) is 14.5. The Labute approximate surface area is 160 Å². The van der Waals surface area contributed by atoms with Crippen molar-refractivity contribution in [3.8, 4) is 17.6 Å². The van der Waals surface area contributed by atoms with Crippen LogP contribution in [0.4, 0.5) is 13.2 Å². The molecule has 2 aromatic rings. The van der Waals surface area contributed by atoms with Gasteiger partial charge in [0.2, 0.25) is 8.03 Å². The van der Waals surface area contributed by atoms with E-state index in [1.165, 1.54) is 12.1 Å². The summed E-state index contributed by atoms with van der Waals surface area (Å²) in [5.74, 6) is 0.275. The Kier molecular flexibility index (Phi) is 6.94. The first-order valence-corrected chi connectivity index (χ1v) is 9.69. The molecule has 9 heteroatoms. The molecule has 0 aliphatic carbocycles. The molecule has 0 aliphatic rings. The topological polar surface area (TPSA) is 59.3 Å². The van der Waals surface area contributed by atoms with E-state index in [1.54, 1.807) is 6.92 Å². The van der Waals surface area contributed by atoms with Gasteiger partial charge in [0.05, 0.1) is 34.1 Å². The second kappa shape index (κ2) is 8.79. The summed E-state index contributed by atoms with van der Waals surface area (Å²) in [4.78, 5) is 0. The van der Waals surface area contributed by atoms with Crippen molar-refractivity contribution in [1.82, 2.24) is 0 Å². The third kappa shape index (κ3) is 5.04. The van der Waals surface area contributed by atoms with Gasteiger partial charge in [-0.2, -0.15) is 18.4 Å². The van der Waals surface area contributed by atoms with E-state index in [0.29, 0.717) is 12.0 Å². The Morgan fingerprint density at radius 2 is 1.89 bits per heavy atom. The Bertz CT molecular complexity index is 910. The van der Waals surface area contributed by atoms with Crippen LogP contribution >= 0.6 is 19.6 Å². The van der Waals surface area contributed by atoms with E-state index in [-0.39, 0.29) is 34.0 Å². The molecule has 27 heavy (non-hydrogen) atoms. The van der Waals surface area contributed by atoms with E-state index in [1.807, 2.05) is 13.0 Å². The van der Waals surface area contributed by atoms with Gasteiger partial charge in [-0.05, 0) is 49.2 Å². The fraction of sp³-hybridized carbons (Fsp3) is 0.278. The van der Waals surface area contributed by atoms with E-state index in [2.05, 4.69) is 0 Å². The number of hydrogen-bond acceptors (Lipinski definition) is 4. The highest BCUT2D eigenvalue weighted by atomic mass is 35.5. The summed E-state index contributed by atoms with van der Waals surface area (Å²) in [6.07, 6.45) is -4.03. The van der Waals surface area contributed by atoms with E-state index in [0.717, 1.165) is 18.2 Å². The van der Waals surface area contributed by atoms with E-state index in [9.17, 15) is 23.0 Å². The molecule has 0 bridgehead atoms. The average Bonchev–Trinajstić information content (AvgIpc) is 2.62. The highest BCUT2D eigenvalue weighted by Gasteiger charge is 2.31. The molecule has 1 unspecified atom stereocenters. The van der Waals surface area contributed by atoms with Crippen LogP contribution in [0.15, 0.2) is 30.3 Å². The molecule has 144 valence electrons. The van der Waals surface area contributed by atoms with Gasteiger partial charge in [-0.1, -0.05) is 18.5 Å². The number of nitriles is 1. The minimum atomic E-state index is -4.52. The highest BCUT2D eigenvalue weighted by Crippen LogP contribution is 2.38. The molecule has 2 rings (SSSR count). The fourth-order valence-corrected chi connectivity index (χ4v) is 3.58. The molecule has 0 saturated heterocycles. The second-order valence-electron chi connectivity index (χ2n) is 5.44. The quantitative estimate of drug-likeness (QED) is 0.564. The van der Waals surface area contributed by atoms with Gasteiger partial charge >= 0.3 is 6.18 Å². The SMILES string of the molecule is CCO[PH](=O)c1cc(Oc2ccc(C(F)(F)F)cc2Cl)c(CC)cc1C#N. The monoisotopic (exact) mass is 417 g/mol. The maximum Gasteiger partial charge on any atom is 0.416 e. The van der Waals surface area contributed by atoms with E-state index in [4.69, 9.17) is 20.9 Å². The molecule has 1 atom stereocenters. The lowest BCUT2D eigenvalue weighted by Gasteiger charge is -2.15. The molecule has 4 nitrogen and oxygen atoms in total. The number of alkyl halides is 3. The summed E-state index contributed by atoms with van der Waals surface area (Å²) in [5, 5.41) is 9.27. The summed E-state index contributed by atoms with van der Waals surface area (Å²) in [5.41, 5.74) is -0.0647. The van der Waals surface area contributed by atoms with Crippen LogP contribution in [0.1, 0.15) is 30.5 Å². The van der Waals surface area contributed by atoms with Crippen molar-refractivity contribution in [2.24, 2.45) is 0 Å². The number of aryl methyl sites for hydroxylation is 1. The maximum atomic E-state index is 12.8. The normalized spacial score (nSPS) is 12.5. The molecular formula is C18H16ClF3NO3P. The number of rotatable bonds is 6. The number of hydrogen-bond donors (Lipinski definition) is 0. The van der Waals surface area contributed by atoms with Crippen LogP contribution in [-0.2, 0) is 21.7 Å². The zero-order valence-corrected chi connectivity index (χ0v) is 16.2. The van der Waals surface area contributed by atoms with Gasteiger partial charge in [-0.25, -0.2) is 0 Å². The predicted molar refractivity (Wildman–Crippen MR) is 97.3 cm³/mol. The molecule has 0 fully saturated rings. The lowest BCUT2D eigenvalue weighted by atomic mass is 10.1. The lowest BCUT2D eigenvalue weighted by molar-refractivity contribution is -0.137. The molecular weight excluding hydrogens is 402 g/mol. The van der Waals surface area contributed by atoms with Crippen molar-refractivity contribution in [2.75, 3.05) is 6.61 Å². The van der Waals surface area contributed by atoms with Crippen LogP contribution in [0.5, 0.6) is 11.5 Å². The third-order valence-corrected chi connectivity index (χ3v) is 5.38. The summed E-state index contributed by atoms with van der Waals surface area (Å²) >= 11 is 5.93. The maximum absolute atomic E-state index is 12.8. The number of nitrogens with zero attached hydrogens (tertiary/aromatic N) is 1. The van der Waals surface area contributed by atoms with Crippen LogP contribution in [0, 0.1) is 11.3 Å². The zero-order chi connectivity index (χ0) is 20.2. The smallest absolute Gasteiger partial charge is 0.416 e. The lowest BCUT2D eigenvalue weighted by Crippen LogP contribution is -2.08. The molecule has 2 aromatic carbocycles. The molecule has 0 aromatic heterocycles. The summed E-state index contributed by atoms with van der Waals surface area (Å²) in [7, 11) is -2.67. The van der Waals surface area contributed by atoms with Crippen molar-refractivity contribution in [3.05, 3.63) is 52.0 Å². The second-order valence-corrected chi connectivity index (χ2v) is 7.25. The first kappa shape index (κ1) is 21.3. The van der Waals surface area contributed by atoms with Gasteiger partial charge in [0.25, 0.3) is 0 Å². The molecule has 0 radical (unpaired) electrons. The Morgan fingerprint density at radius 1 is 1.19 bits per heavy atom. The molecule has 0 amide bonds. The van der Waals surface area contributed by atoms with Crippen molar-refractivity contribution in [2.45, 2.75) is 26.4 Å². The summed E-state index contributed by atoms with van der Waals surface area (Å²) in [6, 6.07) is 7.68. The van der Waals surface area contributed by atoms with Crippen LogP contribution in [0.25, 0.3) is 0 Å². The van der Waals surface area contributed by atoms with Crippen LogP contribution in [-0.4, -0.2) is 6.61 Å². The van der Waals surface area contributed by atoms with Crippen LogP contribution in [0.2, 0.25) is 5.02 Å². The van der Waals surface area contributed by atoms with Gasteiger partial charge in [0.1, 0.15) is 11.5 Å². The van der Waals surface area contributed by atoms with Crippen molar-refractivity contribution in [3.63, 3.8) is 0 Å². The van der Waals surface area contributed by atoms with Gasteiger partial charge in [-0.15, -0.1) is 0 Å². The summed E-state index contributed by atoms with van der Waals surface area (Å²) in [6.45, 7) is 3.70. The molecule has 0 N–H and O–H groups in total. The van der Waals surface area contributed by atoms with E-state index >= 15 is 0 Å². The van der Waals surface area contributed by atoms with Crippen LogP contribution in [0.3, 0.4) is 0 Å². The first-order valence-electron chi connectivity index (χ1n) is 8.00. The van der Waals surface area contributed by atoms with Crippen molar-refractivity contribution < 1.29 is 27.0 Å². The fourth-order valence-electron chi connectivity index (χ4n) is 2.34. The average molecular weight is 418 g/mol. The van der Waals surface area contributed by atoms with Gasteiger partial charge in [0.15, 0.2) is 0 Å². The third-order valence-electron chi connectivity index (χ3n) is 3.68. The number of halogens is 4. The molecule has 0 aliphatic heterocycles. The van der Waals surface area contributed by atoms with E-state index < -0.39 is 19.8 Å². The van der Waals surface area contributed by atoms with Gasteiger partial charge in [0, 0.05) is 0 Å². The summed E-state index contributed by atoms with van der Waals surface area (Å²) < 4.78 is 61.4. The Morgan fingerprint density at radius 3 is 2.41 bits per heavy atom.